The van der Waals surface area contributed by atoms with Gasteiger partial charge in [0.15, 0.2) is 0 Å². The van der Waals surface area contributed by atoms with Crippen molar-refractivity contribution in [1.29, 1.82) is 0 Å². The van der Waals surface area contributed by atoms with Crippen LogP contribution in [-0.2, 0) is 0 Å². The number of rotatable bonds is 4. The molecule has 23 heavy (non-hydrogen) atoms. The van der Waals surface area contributed by atoms with Gasteiger partial charge < -0.3 is 15.1 Å². The van der Waals surface area contributed by atoms with Gasteiger partial charge in [-0.1, -0.05) is 6.92 Å². The Balaban J connectivity index is 1.55. The van der Waals surface area contributed by atoms with E-state index < -0.39 is 0 Å². The summed E-state index contributed by atoms with van der Waals surface area (Å²) in [7, 11) is 0. The first-order valence-corrected chi connectivity index (χ1v) is 7.83. The Labute approximate surface area is 134 Å². The number of nitrogens with zero attached hydrogens (tertiary/aromatic N) is 5. The Morgan fingerprint density at radius 1 is 1.30 bits per heavy atom. The molecule has 2 aromatic heterocycles. The first-order chi connectivity index (χ1) is 11.3. The van der Waals surface area contributed by atoms with Gasteiger partial charge in [-0.15, -0.1) is 0 Å². The largest absolute Gasteiger partial charge is 0.338 e. The number of H-pyrrole nitrogens is 1. The van der Waals surface area contributed by atoms with Crippen LogP contribution in [0.4, 0.5) is 10.7 Å². The highest BCUT2D eigenvalue weighted by molar-refractivity contribution is 5.75. The van der Waals surface area contributed by atoms with Gasteiger partial charge in [-0.3, -0.25) is 4.98 Å². The third-order valence-corrected chi connectivity index (χ3v) is 4.08. The molecule has 1 atom stereocenters. The molecule has 122 valence electrons. The van der Waals surface area contributed by atoms with Crippen LogP contribution in [0.2, 0.25) is 0 Å². The van der Waals surface area contributed by atoms with Gasteiger partial charge in [0.1, 0.15) is 6.33 Å². The lowest BCUT2D eigenvalue weighted by Crippen LogP contribution is -2.52. The van der Waals surface area contributed by atoms with Crippen molar-refractivity contribution in [1.82, 2.24) is 30.4 Å². The molecule has 1 fully saturated rings. The number of piperazine rings is 1. The molecule has 0 spiro atoms. The number of hydrogen-bond donors (Lipinski definition) is 2. The SMILES string of the molecule is CC[C@H](NC(=O)N1CCN(c2ncn[nH]2)CC1)c1ccncc1. The van der Waals surface area contributed by atoms with Crippen molar-refractivity contribution < 1.29 is 4.79 Å². The quantitative estimate of drug-likeness (QED) is 0.884. The smallest absolute Gasteiger partial charge is 0.318 e. The predicted molar refractivity (Wildman–Crippen MR) is 86.0 cm³/mol. The first kappa shape index (κ1) is 15.3. The number of urea groups is 1. The summed E-state index contributed by atoms with van der Waals surface area (Å²) in [5.74, 6) is 0.758. The number of nitrogens with one attached hydrogen (secondary N) is 2. The number of pyridine rings is 1. The van der Waals surface area contributed by atoms with Crippen LogP contribution in [0.25, 0.3) is 0 Å². The number of aromatic amines is 1. The maximum Gasteiger partial charge on any atom is 0.318 e. The van der Waals surface area contributed by atoms with E-state index in [0.717, 1.165) is 31.0 Å². The molecule has 2 N–H and O–H groups in total. The number of hydrogen-bond acceptors (Lipinski definition) is 5. The third kappa shape index (κ3) is 3.58. The molecule has 3 rings (SSSR count). The lowest BCUT2D eigenvalue weighted by Gasteiger charge is -2.35. The van der Waals surface area contributed by atoms with Crippen molar-refractivity contribution in [3.63, 3.8) is 0 Å². The fourth-order valence-corrected chi connectivity index (χ4v) is 2.73. The number of anilines is 1. The van der Waals surface area contributed by atoms with Crippen molar-refractivity contribution in [2.24, 2.45) is 0 Å². The second-order valence-electron chi connectivity index (χ2n) is 5.47. The number of aromatic nitrogens is 4. The lowest BCUT2D eigenvalue weighted by molar-refractivity contribution is 0.189. The molecule has 0 aliphatic carbocycles. The third-order valence-electron chi connectivity index (χ3n) is 4.08. The number of carbonyl (C=O) groups is 1. The van der Waals surface area contributed by atoms with Crippen molar-refractivity contribution in [3.05, 3.63) is 36.4 Å². The van der Waals surface area contributed by atoms with Crippen molar-refractivity contribution in [2.45, 2.75) is 19.4 Å². The van der Waals surface area contributed by atoms with Crippen molar-refractivity contribution >= 4 is 12.0 Å². The molecule has 1 saturated heterocycles. The molecule has 0 bridgehead atoms. The van der Waals surface area contributed by atoms with Crippen LogP contribution in [0.1, 0.15) is 24.9 Å². The predicted octanol–water partition coefficient (Wildman–Crippen LogP) is 1.18. The molecule has 3 heterocycles. The van der Waals surface area contributed by atoms with Crippen LogP contribution in [0, 0.1) is 0 Å². The van der Waals surface area contributed by atoms with E-state index in [9.17, 15) is 4.79 Å². The Morgan fingerprint density at radius 3 is 2.65 bits per heavy atom. The molecule has 0 unspecified atom stereocenters. The van der Waals surface area contributed by atoms with E-state index in [0.29, 0.717) is 13.1 Å². The van der Waals surface area contributed by atoms with E-state index in [4.69, 9.17) is 0 Å². The summed E-state index contributed by atoms with van der Waals surface area (Å²) in [4.78, 5) is 24.6. The van der Waals surface area contributed by atoms with Gasteiger partial charge in [0.05, 0.1) is 6.04 Å². The second kappa shape index (κ2) is 7.08. The first-order valence-electron chi connectivity index (χ1n) is 7.83. The Hall–Kier alpha value is -2.64. The van der Waals surface area contributed by atoms with E-state index in [-0.39, 0.29) is 12.1 Å². The summed E-state index contributed by atoms with van der Waals surface area (Å²) in [6.07, 6.45) is 5.84. The highest BCUT2D eigenvalue weighted by atomic mass is 16.2. The lowest BCUT2D eigenvalue weighted by atomic mass is 10.1. The molecule has 1 aliphatic heterocycles. The average molecular weight is 315 g/mol. The van der Waals surface area contributed by atoms with E-state index in [1.165, 1.54) is 6.33 Å². The van der Waals surface area contributed by atoms with E-state index in [1.807, 2.05) is 17.0 Å². The molecule has 8 nitrogen and oxygen atoms in total. The van der Waals surface area contributed by atoms with Gasteiger partial charge in [0, 0.05) is 38.6 Å². The van der Waals surface area contributed by atoms with E-state index in [1.54, 1.807) is 12.4 Å². The Kier molecular flexibility index (Phi) is 4.70. The maximum absolute atomic E-state index is 12.5. The Morgan fingerprint density at radius 2 is 2.04 bits per heavy atom. The summed E-state index contributed by atoms with van der Waals surface area (Å²) in [5.41, 5.74) is 1.08. The molecule has 8 heteroatoms. The summed E-state index contributed by atoms with van der Waals surface area (Å²) in [5, 5.41) is 9.82. The van der Waals surface area contributed by atoms with Gasteiger partial charge in [-0.2, -0.15) is 10.1 Å². The topological polar surface area (TPSA) is 90.0 Å². The van der Waals surface area contributed by atoms with E-state index >= 15 is 0 Å². The summed E-state index contributed by atoms with van der Waals surface area (Å²) >= 11 is 0. The van der Waals surface area contributed by atoms with Crippen LogP contribution in [0.15, 0.2) is 30.9 Å². The molecule has 0 aromatic carbocycles. The Bertz CT molecular complexity index is 608. The zero-order chi connectivity index (χ0) is 16.1. The zero-order valence-electron chi connectivity index (χ0n) is 13.1. The summed E-state index contributed by atoms with van der Waals surface area (Å²) < 4.78 is 0. The molecular formula is C15H21N7O. The molecular weight excluding hydrogens is 294 g/mol. The van der Waals surface area contributed by atoms with Crippen molar-refractivity contribution in [2.75, 3.05) is 31.1 Å². The van der Waals surface area contributed by atoms with Crippen LogP contribution in [-0.4, -0.2) is 57.3 Å². The van der Waals surface area contributed by atoms with E-state index in [2.05, 4.69) is 37.3 Å². The summed E-state index contributed by atoms with van der Waals surface area (Å²) in [6.45, 7) is 4.88. The minimum absolute atomic E-state index is 0.0119. The molecule has 2 amide bonds. The standard InChI is InChI=1S/C15H21N7O/c1-2-13(12-3-5-16-6-4-12)19-15(23)22-9-7-21(8-10-22)14-17-11-18-20-14/h3-6,11,13H,2,7-10H2,1H3,(H,19,23)(H,17,18,20)/t13-/m0/s1. The maximum atomic E-state index is 12.5. The molecule has 1 aliphatic rings. The van der Waals surface area contributed by atoms with Crippen molar-refractivity contribution in [3.8, 4) is 0 Å². The fourth-order valence-electron chi connectivity index (χ4n) is 2.73. The fraction of sp³-hybridized carbons (Fsp3) is 0.467. The molecule has 0 saturated carbocycles. The van der Waals surface area contributed by atoms with Gasteiger partial charge in [-0.25, -0.2) is 9.89 Å². The number of carbonyl (C=O) groups excluding carboxylic acids is 1. The minimum atomic E-state index is -0.0223. The van der Waals surface area contributed by atoms with Gasteiger partial charge in [0.25, 0.3) is 0 Å². The second-order valence-corrected chi connectivity index (χ2v) is 5.47. The van der Waals surface area contributed by atoms with Gasteiger partial charge >= 0.3 is 6.03 Å². The normalized spacial score (nSPS) is 16.2. The number of amides is 2. The monoisotopic (exact) mass is 315 g/mol. The minimum Gasteiger partial charge on any atom is -0.338 e. The van der Waals surface area contributed by atoms with Crippen LogP contribution in [0.3, 0.4) is 0 Å². The van der Waals surface area contributed by atoms with Crippen LogP contribution >= 0.6 is 0 Å². The zero-order valence-corrected chi connectivity index (χ0v) is 13.1. The van der Waals surface area contributed by atoms with Gasteiger partial charge in [0.2, 0.25) is 5.95 Å². The summed E-state index contributed by atoms with van der Waals surface area (Å²) in [6, 6.07) is 3.87. The van der Waals surface area contributed by atoms with Crippen LogP contribution in [0.5, 0.6) is 0 Å². The van der Waals surface area contributed by atoms with Crippen LogP contribution < -0.4 is 10.2 Å². The molecule has 2 aromatic rings. The highest BCUT2D eigenvalue weighted by Gasteiger charge is 2.24. The highest BCUT2D eigenvalue weighted by Crippen LogP contribution is 2.16. The molecule has 0 radical (unpaired) electrons. The van der Waals surface area contributed by atoms with Gasteiger partial charge in [-0.05, 0) is 24.1 Å². The average Bonchev–Trinajstić information content (AvgIpc) is 3.15.